The van der Waals surface area contributed by atoms with Crippen molar-refractivity contribution in [2.45, 2.75) is 44.9 Å². The molecule has 3 unspecified atom stereocenters. The molecule has 20 heavy (non-hydrogen) atoms. The van der Waals surface area contributed by atoms with Gasteiger partial charge in [0.25, 0.3) is 0 Å². The summed E-state index contributed by atoms with van der Waals surface area (Å²) in [6.45, 7) is 10.6. The maximum absolute atomic E-state index is 3.63. The number of rotatable bonds is 3. The molecular formula is C17H27N3. The van der Waals surface area contributed by atoms with Gasteiger partial charge in [-0.2, -0.15) is 0 Å². The first-order chi connectivity index (χ1) is 9.70. The predicted octanol–water partition coefficient (Wildman–Crippen LogP) is 1.94. The number of hydrogen-bond donors (Lipinski definition) is 1. The first kappa shape index (κ1) is 14.1. The lowest BCUT2D eigenvalue weighted by molar-refractivity contribution is 0.123. The highest BCUT2D eigenvalue weighted by molar-refractivity contribution is 5.14. The summed E-state index contributed by atoms with van der Waals surface area (Å²) in [5, 5.41) is 3.63. The molecule has 3 atom stereocenters. The zero-order chi connectivity index (χ0) is 13.9. The zero-order valence-electron chi connectivity index (χ0n) is 12.8. The second-order valence-corrected chi connectivity index (χ2v) is 6.59. The number of likely N-dealkylation sites (tertiary alicyclic amines) is 1. The molecule has 1 N–H and O–H groups in total. The van der Waals surface area contributed by atoms with Crippen LogP contribution < -0.4 is 5.32 Å². The predicted molar refractivity (Wildman–Crippen MR) is 83.8 cm³/mol. The van der Waals surface area contributed by atoms with Crippen LogP contribution in [0.3, 0.4) is 0 Å². The number of piperazine rings is 1. The van der Waals surface area contributed by atoms with E-state index in [9.17, 15) is 0 Å². The summed E-state index contributed by atoms with van der Waals surface area (Å²) in [6.07, 6.45) is 1.33. The minimum absolute atomic E-state index is 0.627. The average molecular weight is 273 g/mol. The fourth-order valence-corrected chi connectivity index (χ4v) is 3.76. The van der Waals surface area contributed by atoms with Crippen molar-refractivity contribution in [3.05, 3.63) is 35.9 Å². The van der Waals surface area contributed by atoms with Crippen LogP contribution in [-0.2, 0) is 6.54 Å². The van der Waals surface area contributed by atoms with Crippen LogP contribution in [0.25, 0.3) is 0 Å². The van der Waals surface area contributed by atoms with E-state index in [1.165, 1.54) is 38.2 Å². The van der Waals surface area contributed by atoms with Gasteiger partial charge in [0.2, 0.25) is 0 Å². The fraction of sp³-hybridized carbons (Fsp3) is 0.647. The van der Waals surface area contributed by atoms with Gasteiger partial charge in [-0.1, -0.05) is 30.3 Å². The molecule has 2 fully saturated rings. The molecule has 3 nitrogen and oxygen atoms in total. The molecule has 2 aliphatic rings. The molecule has 2 heterocycles. The second kappa shape index (κ2) is 6.25. The van der Waals surface area contributed by atoms with Crippen molar-refractivity contribution in [1.82, 2.24) is 15.1 Å². The highest BCUT2D eigenvalue weighted by Gasteiger charge is 2.31. The third-order valence-corrected chi connectivity index (χ3v) is 4.60. The Balaban J connectivity index is 1.54. The van der Waals surface area contributed by atoms with Crippen LogP contribution in [0.4, 0.5) is 0 Å². The molecule has 3 heteroatoms. The van der Waals surface area contributed by atoms with Gasteiger partial charge in [0.1, 0.15) is 0 Å². The van der Waals surface area contributed by atoms with Gasteiger partial charge in [0, 0.05) is 50.8 Å². The summed E-state index contributed by atoms with van der Waals surface area (Å²) < 4.78 is 0. The highest BCUT2D eigenvalue weighted by Crippen LogP contribution is 2.20. The van der Waals surface area contributed by atoms with E-state index in [0.717, 1.165) is 12.6 Å². The Labute approximate surface area is 123 Å². The molecule has 0 saturated carbocycles. The van der Waals surface area contributed by atoms with Gasteiger partial charge in [-0.25, -0.2) is 0 Å². The monoisotopic (exact) mass is 273 g/mol. The van der Waals surface area contributed by atoms with Crippen LogP contribution in [0.15, 0.2) is 30.3 Å². The topological polar surface area (TPSA) is 18.5 Å². The van der Waals surface area contributed by atoms with Crippen molar-refractivity contribution in [2.75, 3.05) is 26.2 Å². The SMILES string of the molecule is CC1CN(C2CCN(Cc3ccccc3)C2)CC(C)N1. The minimum Gasteiger partial charge on any atom is -0.309 e. The smallest absolute Gasteiger partial charge is 0.0236 e. The van der Waals surface area contributed by atoms with E-state index in [0.29, 0.717) is 12.1 Å². The van der Waals surface area contributed by atoms with E-state index in [-0.39, 0.29) is 0 Å². The van der Waals surface area contributed by atoms with Crippen molar-refractivity contribution in [3.63, 3.8) is 0 Å². The Kier molecular flexibility index (Phi) is 4.39. The molecule has 1 aromatic rings. The highest BCUT2D eigenvalue weighted by atomic mass is 15.3. The standard InChI is InChI=1S/C17H27N3/c1-14-10-20(11-15(2)18-14)17-8-9-19(13-17)12-16-6-4-3-5-7-16/h3-7,14-15,17-18H,8-13H2,1-2H3. The second-order valence-electron chi connectivity index (χ2n) is 6.59. The van der Waals surface area contributed by atoms with Crippen LogP contribution in [0.5, 0.6) is 0 Å². The number of nitrogens with one attached hydrogen (secondary N) is 1. The molecule has 110 valence electrons. The van der Waals surface area contributed by atoms with Crippen molar-refractivity contribution in [2.24, 2.45) is 0 Å². The first-order valence-electron chi connectivity index (χ1n) is 7.97. The average Bonchev–Trinajstić information content (AvgIpc) is 2.87. The lowest BCUT2D eigenvalue weighted by atomic mass is 10.1. The minimum atomic E-state index is 0.627. The first-order valence-corrected chi connectivity index (χ1v) is 7.97. The molecule has 1 aromatic carbocycles. The van der Waals surface area contributed by atoms with Crippen LogP contribution in [-0.4, -0.2) is 54.1 Å². The molecule has 0 radical (unpaired) electrons. The van der Waals surface area contributed by atoms with Crippen LogP contribution in [0.2, 0.25) is 0 Å². The van der Waals surface area contributed by atoms with Crippen molar-refractivity contribution in [1.29, 1.82) is 0 Å². The molecule has 3 rings (SSSR count). The van der Waals surface area contributed by atoms with E-state index in [1.807, 2.05) is 0 Å². The lowest BCUT2D eigenvalue weighted by Gasteiger charge is -2.39. The van der Waals surface area contributed by atoms with Crippen LogP contribution >= 0.6 is 0 Å². The summed E-state index contributed by atoms with van der Waals surface area (Å²) in [6, 6.07) is 12.9. The van der Waals surface area contributed by atoms with Crippen molar-refractivity contribution >= 4 is 0 Å². The van der Waals surface area contributed by atoms with Gasteiger partial charge in [-0.15, -0.1) is 0 Å². The maximum Gasteiger partial charge on any atom is 0.0236 e. The molecule has 0 spiro atoms. The van der Waals surface area contributed by atoms with Gasteiger partial charge in [0.15, 0.2) is 0 Å². The molecule has 2 saturated heterocycles. The Bertz CT molecular complexity index is 410. The van der Waals surface area contributed by atoms with E-state index in [2.05, 4.69) is 59.3 Å². The molecule has 0 amide bonds. The quantitative estimate of drug-likeness (QED) is 0.908. The van der Waals surface area contributed by atoms with Gasteiger partial charge >= 0.3 is 0 Å². The Morgan fingerprint density at radius 1 is 1.05 bits per heavy atom. The number of nitrogens with zero attached hydrogens (tertiary/aromatic N) is 2. The Hall–Kier alpha value is -0.900. The summed E-state index contributed by atoms with van der Waals surface area (Å²) in [7, 11) is 0. The Morgan fingerprint density at radius 2 is 1.75 bits per heavy atom. The molecular weight excluding hydrogens is 246 g/mol. The third-order valence-electron chi connectivity index (χ3n) is 4.60. The molecule has 0 aromatic heterocycles. The summed E-state index contributed by atoms with van der Waals surface area (Å²) in [5.41, 5.74) is 1.44. The zero-order valence-corrected chi connectivity index (χ0v) is 12.8. The van der Waals surface area contributed by atoms with Crippen LogP contribution in [0.1, 0.15) is 25.8 Å². The molecule has 0 bridgehead atoms. The largest absolute Gasteiger partial charge is 0.309 e. The van der Waals surface area contributed by atoms with Gasteiger partial charge in [-0.05, 0) is 25.8 Å². The third kappa shape index (κ3) is 3.40. The lowest BCUT2D eigenvalue weighted by Crippen LogP contribution is -2.57. The molecule has 2 aliphatic heterocycles. The normalized spacial score (nSPS) is 32.6. The van der Waals surface area contributed by atoms with Crippen molar-refractivity contribution in [3.8, 4) is 0 Å². The summed E-state index contributed by atoms with van der Waals surface area (Å²) >= 11 is 0. The van der Waals surface area contributed by atoms with Gasteiger partial charge in [0.05, 0.1) is 0 Å². The van der Waals surface area contributed by atoms with E-state index in [1.54, 1.807) is 0 Å². The van der Waals surface area contributed by atoms with E-state index < -0.39 is 0 Å². The Morgan fingerprint density at radius 3 is 2.45 bits per heavy atom. The number of hydrogen-bond acceptors (Lipinski definition) is 3. The van der Waals surface area contributed by atoms with Crippen LogP contribution in [0, 0.1) is 0 Å². The maximum atomic E-state index is 3.63. The van der Waals surface area contributed by atoms with E-state index in [4.69, 9.17) is 0 Å². The molecule has 0 aliphatic carbocycles. The summed E-state index contributed by atoms with van der Waals surface area (Å²) in [5.74, 6) is 0. The van der Waals surface area contributed by atoms with Gasteiger partial charge < -0.3 is 5.32 Å². The van der Waals surface area contributed by atoms with Crippen molar-refractivity contribution < 1.29 is 0 Å². The van der Waals surface area contributed by atoms with Gasteiger partial charge in [-0.3, -0.25) is 9.80 Å². The van der Waals surface area contributed by atoms with E-state index >= 15 is 0 Å². The number of benzene rings is 1. The summed E-state index contributed by atoms with van der Waals surface area (Å²) in [4.78, 5) is 5.31. The fourth-order valence-electron chi connectivity index (χ4n) is 3.76.